The van der Waals surface area contributed by atoms with Crippen molar-refractivity contribution in [1.29, 1.82) is 0 Å². The van der Waals surface area contributed by atoms with E-state index in [1.165, 1.54) is 76.2 Å². The van der Waals surface area contributed by atoms with Crippen LogP contribution in [0.5, 0.6) is 11.5 Å². The second kappa shape index (κ2) is 13.7. The van der Waals surface area contributed by atoms with Crippen LogP contribution in [0.15, 0.2) is 18.2 Å². The molecule has 0 saturated carbocycles. The summed E-state index contributed by atoms with van der Waals surface area (Å²) >= 11 is 0. The van der Waals surface area contributed by atoms with Crippen LogP contribution < -0.4 is 9.47 Å². The number of benzene rings is 1. The molecule has 0 bridgehead atoms. The van der Waals surface area contributed by atoms with Gasteiger partial charge in [-0.25, -0.2) is 0 Å². The predicted octanol–water partition coefficient (Wildman–Crippen LogP) is 6.34. The fourth-order valence-electron chi connectivity index (χ4n) is 4.83. The van der Waals surface area contributed by atoms with Crippen LogP contribution in [0.1, 0.15) is 102 Å². The summed E-state index contributed by atoms with van der Waals surface area (Å²) in [6, 6.07) is 6.31. The summed E-state index contributed by atoms with van der Waals surface area (Å²) in [5.74, 6) is 1.26. The first-order valence-corrected chi connectivity index (χ1v) is 12.9. The fraction of sp³-hybridized carbons (Fsp3) is 0.741. The summed E-state index contributed by atoms with van der Waals surface area (Å²) in [5.41, 5.74) is 1.35. The number of hydrogen-bond donors (Lipinski definition) is 1. The lowest BCUT2D eigenvalue weighted by Crippen LogP contribution is -2.24. The van der Waals surface area contributed by atoms with Crippen molar-refractivity contribution in [3.8, 4) is 11.5 Å². The van der Waals surface area contributed by atoms with Crippen molar-refractivity contribution in [2.24, 2.45) is 5.92 Å². The summed E-state index contributed by atoms with van der Waals surface area (Å²) in [6.45, 7) is 2.12. The number of aliphatic hydroxyl groups excluding tert-OH is 1. The van der Waals surface area contributed by atoms with Crippen LogP contribution in [0.25, 0.3) is 0 Å². The molecule has 2 aliphatic heterocycles. The molecular weight excluding hydrogens is 404 g/mol. The Balaban J connectivity index is 1.05. The molecule has 0 amide bonds. The third kappa shape index (κ3) is 7.99. The summed E-state index contributed by atoms with van der Waals surface area (Å²) < 4.78 is 15.9. The first kappa shape index (κ1) is 24.9. The minimum Gasteiger partial charge on any atom is -0.460 e. The second-order valence-electron chi connectivity index (χ2n) is 9.56. The molecule has 1 aromatic rings. The number of ether oxygens (including phenoxy) is 3. The average Bonchev–Trinajstić information content (AvgIpc) is 3.35. The van der Waals surface area contributed by atoms with Gasteiger partial charge in [0.2, 0.25) is 6.79 Å². The van der Waals surface area contributed by atoms with Gasteiger partial charge in [0.05, 0.1) is 5.92 Å². The van der Waals surface area contributed by atoms with Gasteiger partial charge < -0.3 is 19.3 Å². The van der Waals surface area contributed by atoms with Crippen LogP contribution in [-0.2, 0) is 16.0 Å². The zero-order valence-corrected chi connectivity index (χ0v) is 19.9. The van der Waals surface area contributed by atoms with Gasteiger partial charge in [-0.3, -0.25) is 4.79 Å². The van der Waals surface area contributed by atoms with Crippen LogP contribution in [0.4, 0.5) is 0 Å². The van der Waals surface area contributed by atoms with E-state index >= 15 is 0 Å². The van der Waals surface area contributed by atoms with Crippen LogP contribution in [-0.4, -0.2) is 30.1 Å². The number of fused-ring (bicyclic) bond motifs is 1. The van der Waals surface area contributed by atoms with E-state index in [9.17, 15) is 9.90 Å². The Morgan fingerprint density at radius 2 is 1.38 bits per heavy atom. The Bertz CT molecular complexity index is 689. The molecule has 1 aromatic carbocycles. The quantitative estimate of drug-likeness (QED) is 0.237. The molecule has 5 nitrogen and oxygen atoms in total. The maximum absolute atomic E-state index is 11.7. The van der Waals surface area contributed by atoms with E-state index < -0.39 is 6.10 Å². The molecule has 0 aromatic heterocycles. The smallest absolute Gasteiger partial charge is 0.312 e. The number of aryl methyl sites for hydroxylation is 1. The SMILES string of the molecule is CC1OC(=O)C(CCCCCCCCCCCCCCCc2ccc3c(c2)OCO3)C1O. The predicted molar refractivity (Wildman–Crippen MR) is 126 cm³/mol. The molecule has 2 heterocycles. The minimum atomic E-state index is -0.613. The molecular formula is C27H42O5. The van der Waals surface area contributed by atoms with E-state index in [-0.39, 0.29) is 18.0 Å². The summed E-state index contributed by atoms with van der Waals surface area (Å²) in [4.78, 5) is 11.7. The molecule has 180 valence electrons. The highest BCUT2D eigenvalue weighted by atomic mass is 16.7. The average molecular weight is 447 g/mol. The summed E-state index contributed by atoms with van der Waals surface area (Å²) in [6.07, 6.45) is 17.6. The lowest BCUT2D eigenvalue weighted by atomic mass is 9.95. The molecule has 1 N–H and O–H groups in total. The van der Waals surface area contributed by atoms with Crippen molar-refractivity contribution in [1.82, 2.24) is 0 Å². The van der Waals surface area contributed by atoms with E-state index in [4.69, 9.17) is 14.2 Å². The van der Waals surface area contributed by atoms with Gasteiger partial charge in [-0.1, -0.05) is 83.1 Å². The number of esters is 1. The first-order chi connectivity index (χ1) is 15.6. The molecule has 0 radical (unpaired) electrons. The van der Waals surface area contributed by atoms with E-state index in [1.54, 1.807) is 6.92 Å². The van der Waals surface area contributed by atoms with Crippen molar-refractivity contribution in [2.45, 2.75) is 115 Å². The monoisotopic (exact) mass is 446 g/mol. The van der Waals surface area contributed by atoms with Gasteiger partial charge in [0.1, 0.15) is 12.2 Å². The number of rotatable bonds is 16. The van der Waals surface area contributed by atoms with Crippen LogP contribution in [0, 0.1) is 5.92 Å². The van der Waals surface area contributed by atoms with Crippen LogP contribution >= 0.6 is 0 Å². The Morgan fingerprint density at radius 1 is 0.812 bits per heavy atom. The number of aliphatic hydroxyl groups is 1. The third-order valence-corrected chi connectivity index (χ3v) is 6.92. The van der Waals surface area contributed by atoms with Gasteiger partial charge in [-0.2, -0.15) is 0 Å². The number of hydrogen-bond acceptors (Lipinski definition) is 5. The second-order valence-corrected chi connectivity index (χ2v) is 9.56. The molecule has 3 unspecified atom stereocenters. The van der Waals surface area contributed by atoms with Gasteiger partial charge in [0, 0.05) is 0 Å². The van der Waals surface area contributed by atoms with Crippen molar-refractivity contribution in [2.75, 3.05) is 6.79 Å². The van der Waals surface area contributed by atoms with Crippen LogP contribution in [0.3, 0.4) is 0 Å². The van der Waals surface area contributed by atoms with Crippen molar-refractivity contribution in [3.05, 3.63) is 23.8 Å². The molecule has 3 rings (SSSR count). The standard InChI is InChI=1S/C27H42O5/c1-21-26(28)23(27(29)32-21)16-14-12-10-8-6-4-2-3-5-7-9-11-13-15-22-17-18-24-25(19-22)31-20-30-24/h17-19,21,23,26,28H,2-16,20H2,1H3. The van der Waals surface area contributed by atoms with Crippen molar-refractivity contribution < 1.29 is 24.1 Å². The van der Waals surface area contributed by atoms with Gasteiger partial charge in [0.15, 0.2) is 11.5 Å². The third-order valence-electron chi connectivity index (χ3n) is 6.92. The highest BCUT2D eigenvalue weighted by Crippen LogP contribution is 2.33. The van der Waals surface area contributed by atoms with E-state index in [2.05, 4.69) is 12.1 Å². The van der Waals surface area contributed by atoms with Gasteiger partial charge in [0.25, 0.3) is 0 Å². The van der Waals surface area contributed by atoms with E-state index in [1.807, 2.05) is 6.07 Å². The zero-order chi connectivity index (χ0) is 22.6. The molecule has 1 fully saturated rings. The normalized spacial score (nSPS) is 21.8. The van der Waals surface area contributed by atoms with Crippen molar-refractivity contribution in [3.63, 3.8) is 0 Å². The first-order valence-electron chi connectivity index (χ1n) is 12.9. The highest BCUT2D eigenvalue weighted by molar-refractivity contribution is 5.75. The fourth-order valence-corrected chi connectivity index (χ4v) is 4.83. The number of cyclic esters (lactones) is 1. The van der Waals surface area contributed by atoms with Crippen molar-refractivity contribution >= 4 is 5.97 Å². The number of unbranched alkanes of at least 4 members (excludes halogenated alkanes) is 12. The molecule has 5 heteroatoms. The maximum atomic E-state index is 11.7. The number of carbonyl (C=O) groups is 1. The lowest BCUT2D eigenvalue weighted by molar-refractivity contribution is -0.143. The minimum absolute atomic E-state index is 0.213. The van der Waals surface area contributed by atoms with Gasteiger partial charge in [-0.15, -0.1) is 0 Å². The number of carbonyl (C=O) groups excluding carboxylic acids is 1. The Labute approximate surface area is 193 Å². The molecule has 3 atom stereocenters. The van der Waals surface area contributed by atoms with Gasteiger partial charge >= 0.3 is 5.97 Å². The lowest BCUT2D eigenvalue weighted by Gasteiger charge is -2.11. The summed E-state index contributed by atoms with van der Waals surface area (Å²) in [5, 5.41) is 9.95. The maximum Gasteiger partial charge on any atom is 0.312 e. The van der Waals surface area contributed by atoms with E-state index in [0.717, 1.165) is 37.2 Å². The van der Waals surface area contributed by atoms with Gasteiger partial charge in [-0.05, 0) is 43.9 Å². The Morgan fingerprint density at radius 3 is 1.97 bits per heavy atom. The largest absolute Gasteiger partial charge is 0.460 e. The molecule has 1 saturated heterocycles. The Kier molecular flexibility index (Phi) is 10.7. The van der Waals surface area contributed by atoms with Crippen LogP contribution in [0.2, 0.25) is 0 Å². The molecule has 2 aliphatic rings. The Hall–Kier alpha value is -1.75. The van der Waals surface area contributed by atoms with E-state index in [0.29, 0.717) is 6.79 Å². The zero-order valence-electron chi connectivity index (χ0n) is 19.9. The summed E-state index contributed by atoms with van der Waals surface area (Å²) in [7, 11) is 0. The molecule has 32 heavy (non-hydrogen) atoms. The molecule has 0 spiro atoms. The molecule has 0 aliphatic carbocycles. The highest BCUT2D eigenvalue weighted by Gasteiger charge is 2.40. The topological polar surface area (TPSA) is 65.0 Å².